The van der Waals surface area contributed by atoms with Gasteiger partial charge in [0.15, 0.2) is 5.96 Å². The number of hydrogen-bond acceptors (Lipinski definition) is 3. The van der Waals surface area contributed by atoms with Crippen molar-refractivity contribution in [3.8, 4) is 0 Å². The van der Waals surface area contributed by atoms with Crippen LogP contribution in [0.25, 0.3) is 0 Å². The summed E-state index contributed by atoms with van der Waals surface area (Å²) in [4.78, 5) is 6.50. The third-order valence-corrected chi connectivity index (χ3v) is 3.83. The minimum Gasteiger partial charge on any atom is -0.370 e. The van der Waals surface area contributed by atoms with Crippen LogP contribution in [-0.2, 0) is 5.54 Å². The molecule has 2 unspecified atom stereocenters. The summed E-state index contributed by atoms with van der Waals surface area (Å²) in [5.74, 6) is 0.362. The van der Waals surface area contributed by atoms with Crippen LogP contribution >= 0.6 is 0 Å². The maximum atomic E-state index is 13.0. The van der Waals surface area contributed by atoms with E-state index in [-0.39, 0.29) is 11.4 Å². The molecule has 1 heterocycles. The van der Waals surface area contributed by atoms with Gasteiger partial charge in [0.05, 0.1) is 12.1 Å². The van der Waals surface area contributed by atoms with Gasteiger partial charge in [-0.3, -0.25) is 4.99 Å². The normalized spacial score (nSPS) is 25.1. The molecule has 0 amide bonds. The molecule has 1 aromatic carbocycles. The first kappa shape index (κ1) is 12.9. The molecule has 1 aliphatic rings. The first-order valence-corrected chi connectivity index (χ1v) is 6.34. The van der Waals surface area contributed by atoms with E-state index < -0.39 is 0 Å². The van der Waals surface area contributed by atoms with E-state index in [0.717, 1.165) is 12.0 Å². The Morgan fingerprint density at radius 2 is 2.06 bits per heavy atom. The fourth-order valence-electron chi connectivity index (χ4n) is 2.57. The molecular weight excluding hydrogens is 229 g/mol. The number of rotatable bonds is 3. The highest BCUT2D eigenvalue weighted by Gasteiger charge is 2.41. The van der Waals surface area contributed by atoms with Gasteiger partial charge in [0.1, 0.15) is 5.82 Å². The van der Waals surface area contributed by atoms with Crippen LogP contribution in [0.1, 0.15) is 32.8 Å². The van der Waals surface area contributed by atoms with E-state index in [0.29, 0.717) is 18.5 Å². The molecule has 2 atom stereocenters. The van der Waals surface area contributed by atoms with Crippen LogP contribution in [0, 0.1) is 5.82 Å². The number of nitrogens with zero attached hydrogens (tertiary/aromatic N) is 2. The Balaban J connectivity index is 2.38. The Morgan fingerprint density at radius 3 is 2.61 bits per heavy atom. The van der Waals surface area contributed by atoms with Gasteiger partial charge in [0.25, 0.3) is 0 Å². The fraction of sp³-hybridized carbons (Fsp3) is 0.500. The summed E-state index contributed by atoms with van der Waals surface area (Å²) >= 11 is 0. The molecule has 18 heavy (non-hydrogen) atoms. The van der Waals surface area contributed by atoms with E-state index in [9.17, 15) is 4.39 Å². The first-order valence-electron chi connectivity index (χ1n) is 6.34. The molecule has 0 saturated heterocycles. The minimum atomic E-state index is -0.271. The predicted octanol–water partition coefficient (Wildman–Crippen LogP) is 2.47. The zero-order valence-electron chi connectivity index (χ0n) is 11.2. The molecule has 2 rings (SSSR count). The quantitative estimate of drug-likeness (QED) is 0.894. The summed E-state index contributed by atoms with van der Waals surface area (Å²) in [5, 5.41) is 0. The molecule has 0 bridgehead atoms. The average molecular weight is 249 g/mol. The van der Waals surface area contributed by atoms with E-state index in [1.165, 1.54) is 12.1 Å². The van der Waals surface area contributed by atoms with Gasteiger partial charge in [0, 0.05) is 6.04 Å². The molecule has 3 nitrogen and oxygen atoms in total. The Hall–Kier alpha value is -1.58. The smallest absolute Gasteiger partial charge is 0.192 e. The summed E-state index contributed by atoms with van der Waals surface area (Å²) in [5.41, 5.74) is 6.78. The topological polar surface area (TPSA) is 41.6 Å². The fourth-order valence-corrected chi connectivity index (χ4v) is 2.57. The molecule has 0 saturated carbocycles. The molecule has 0 fully saturated rings. The van der Waals surface area contributed by atoms with Gasteiger partial charge in [-0.1, -0.05) is 19.1 Å². The number of aliphatic imine (C=N–C) groups is 1. The van der Waals surface area contributed by atoms with Crippen molar-refractivity contribution in [3.63, 3.8) is 0 Å². The Morgan fingerprint density at radius 1 is 1.44 bits per heavy atom. The summed E-state index contributed by atoms with van der Waals surface area (Å²) in [6.45, 7) is 6.99. The van der Waals surface area contributed by atoms with Crippen molar-refractivity contribution >= 4 is 5.96 Å². The van der Waals surface area contributed by atoms with Gasteiger partial charge in [-0.05, 0) is 38.0 Å². The van der Waals surface area contributed by atoms with Crippen molar-refractivity contribution < 1.29 is 4.39 Å². The van der Waals surface area contributed by atoms with Crippen LogP contribution in [0.15, 0.2) is 29.3 Å². The second kappa shape index (κ2) is 4.59. The number of hydrogen-bond donors (Lipinski definition) is 1. The summed E-state index contributed by atoms with van der Waals surface area (Å²) in [6.07, 6.45) is 0.993. The zero-order chi connectivity index (χ0) is 13.3. The summed E-state index contributed by atoms with van der Waals surface area (Å²) in [7, 11) is 0. The maximum absolute atomic E-state index is 13.0. The van der Waals surface area contributed by atoms with Crippen molar-refractivity contribution in [2.45, 2.75) is 38.8 Å². The molecule has 4 heteroatoms. The van der Waals surface area contributed by atoms with E-state index >= 15 is 0 Å². The lowest BCUT2D eigenvalue weighted by atomic mass is 9.89. The molecule has 0 radical (unpaired) electrons. The van der Waals surface area contributed by atoms with Crippen LogP contribution in [0.4, 0.5) is 4.39 Å². The second-order valence-electron chi connectivity index (χ2n) is 5.08. The molecule has 1 aliphatic heterocycles. The third-order valence-electron chi connectivity index (χ3n) is 3.83. The third kappa shape index (κ3) is 1.96. The van der Waals surface area contributed by atoms with Crippen molar-refractivity contribution in [3.05, 3.63) is 35.6 Å². The molecule has 1 aromatic rings. The van der Waals surface area contributed by atoms with Gasteiger partial charge in [-0.25, -0.2) is 4.39 Å². The van der Waals surface area contributed by atoms with Crippen LogP contribution in [0.2, 0.25) is 0 Å². The number of nitrogens with two attached hydrogens (primary N) is 1. The lowest BCUT2D eigenvalue weighted by molar-refractivity contribution is 0.171. The predicted molar refractivity (Wildman–Crippen MR) is 71.8 cm³/mol. The van der Waals surface area contributed by atoms with E-state index in [1.807, 2.05) is 12.1 Å². The Labute approximate surface area is 108 Å². The van der Waals surface area contributed by atoms with Crippen molar-refractivity contribution in [1.29, 1.82) is 0 Å². The minimum absolute atomic E-state index is 0.218. The summed E-state index contributed by atoms with van der Waals surface area (Å²) < 4.78 is 13.0. The lowest BCUT2D eigenvalue weighted by Crippen LogP contribution is -2.51. The molecule has 0 aliphatic carbocycles. The highest BCUT2D eigenvalue weighted by molar-refractivity contribution is 5.81. The zero-order valence-corrected chi connectivity index (χ0v) is 11.2. The highest BCUT2D eigenvalue weighted by atomic mass is 19.1. The first-order chi connectivity index (χ1) is 8.49. The monoisotopic (exact) mass is 249 g/mol. The molecular formula is C14H20FN3. The van der Waals surface area contributed by atoms with E-state index in [1.54, 1.807) is 0 Å². The molecule has 2 N–H and O–H groups in total. The Bertz CT molecular complexity index is 455. The van der Waals surface area contributed by atoms with Crippen LogP contribution in [-0.4, -0.2) is 23.4 Å². The molecule has 0 aromatic heterocycles. The van der Waals surface area contributed by atoms with Crippen LogP contribution < -0.4 is 5.73 Å². The maximum Gasteiger partial charge on any atom is 0.192 e. The summed E-state index contributed by atoms with van der Waals surface area (Å²) in [6, 6.07) is 6.93. The molecule has 0 spiro atoms. The van der Waals surface area contributed by atoms with Crippen LogP contribution in [0.5, 0.6) is 0 Å². The SMILES string of the molecule is CCC(C)N1C(N)=NCC1(C)c1ccc(F)cc1. The number of benzene rings is 1. The van der Waals surface area contributed by atoms with Crippen molar-refractivity contribution in [1.82, 2.24) is 4.90 Å². The number of guanidine groups is 1. The Kier molecular flexibility index (Phi) is 3.28. The highest BCUT2D eigenvalue weighted by Crippen LogP contribution is 2.34. The van der Waals surface area contributed by atoms with E-state index in [2.05, 4.69) is 30.7 Å². The van der Waals surface area contributed by atoms with E-state index in [4.69, 9.17) is 5.73 Å². The second-order valence-corrected chi connectivity index (χ2v) is 5.08. The van der Waals surface area contributed by atoms with Crippen LogP contribution in [0.3, 0.4) is 0 Å². The number of halogens is 1. The average Bonchev–Trinajstić information content (AvgIpc) is 2.66. The lowest BCUT2D eigenvalue weighted by Gasteiger charge is -2.40. The van der Waals surface area contributed by atoms with Gasteiger partial charge in [-0.2, -0.15) is 0 Å². The van der Waals surface area contributed by atoms with Crippen molar-refractivity contribution in [2.75, 3.05) is 6.54 Å². The van der Waals surface area contributed by atoms with Gasteiger partial charge in [0.2, 0.25) is 0 Å². The standard InChI is InChI=1S/C14H20FN3/c1-4-10(2)18-13(16)17-9-14(18,3)11-5-7-12(15)8-6-11/h5-8,10H,4,9H2,1-3H3,(H2,16,17). The largest absolute Gasteiger partial charge is 0.370 e. The van der Waals surface area contributed by atoms with Gasteiger partial charge >= 0.3 is 0 Å². The van der Waals surface area contributed by atoms with Gasteiger partial charge < -0.3 is 10.6 Å². The van der Waals surface area contributed by atoms with Crippen molar-refractivity contribution in [2.24, 2.45) is 10.7 Å². The molecule has 98 valence electrons. The van der Waals surface area contributed by atoms with Gasteiger partial charge in [-0.15, -0.1) is 0 Å².